The van der Waals surface area contributed by atoms with Gasteiger partial charge in [0.1, 0.15) is 11.6 Å². The first kappa shape index (κ1) is 20.1. The summed E-state index contributed by atoms with van der Waals surface area (Å²) in [5.41, 5.74) is 0.183. The van der Waals surface area contributed by atoms with Crippen LogP contribution < -0.4 is 10.6 Å². The monoisotopic (exact) mass is 366 g/mol. The minimum Gasteiger partial charge on any atom is -0.356 e. The van der Waals surface area contributed by atoms with Gasteiger partial charge in [-0.3, -0.25) is 4.79 Å². The summed E-state index contributed by atoms with van der Waals surface area (Å²) in [4.78, 5) is 17.6. The number of benzene rings is 1. The number of guanidine groups is 1. The molecule has 7 heteroatoms. The summed E-state index contributed by atoms with van der Waals surface area (Å²) in [6, 6.07) is 3.32. The van der Waals surface area contributed by atoms with Crippen molar-refractivity contribution in [2.45, 2.75) is 38.6 Å². The van der Waals surface area contributed by atoms with E-state index >= 15 is 0 Å². The van der Waals surface area contributed by atoms with Gasteiger partial charge < -0.3 is 15.5 Å². The molecule has 1 aromatic rings. The fourth-order valence-electron chi connectivity index (χ4n) is 2.95. The second kappa shape index (κ2) is 10.1. The lowest BCUT2D eigenvalue weighted by Gasteiger charge is -2.23. The molecule has 0 radical (unpaired) electrons. The molecular weight excluding hydrogens is 338 g/mol. The van der Waals surface area contributed by atoms with Gasteiger partial charge in [0.2, 0.25) is 5.91 Å². The molecule has 0 saturated heterocycles. The van der Waals surface area contributed by atoms with Crippen LogP contribution in [0.4, 0.5) is 8.78 Å². The van der Waals surface area contributed by atoms with E-state index in [9.17, 15) is 13.6 Å². The second-order valence-corrected chi connectivity index (χ2v) is 6.93. The van der Waals surface area contributed by atoms with Crippen molar-refractivity contribution in [3.05, 3.63) is 35.4 Å². The summed E-state index contributed by atoms with van der Waals surface area (Å²) in [5, 5.41) is 6.22. The van der Waals surface area contributed by atoms with Crippen molar-refractivity contribution < 1.29 is 13.6 Å². The Bertz CT molecular complexity index is 628. The number of carbonyl (C=O) groups is 1. The smallest absolute Gasteiger partial charge is 0.241 e. The van der Waals surface area contributed by atoms with Crippen LogP contribution in [0.5, 0.6) is 0 Å². The summed E-state index contributed by atoms with van der Waals surface area (Å²) in [7, 11) is 3.36. The molecule has 0 atom stereocenters. The minimum absolute atomic E-state index is 0.000250. The number of rotatable bonds is 6. The average Bonchev–Trinajstić information content (AvgIpc) is 2.64. The van der Waals surface area contributed by atoms with Crippen molar-refractivity contribution in [3.63, 3.8) is 0 Å². The summed E-state index contributed by atoms with van der Waals surface area (Å²) < 4.78 is 27.1. The fraction of sp³-hybridized carbons (Fsp3) is 0.579. The lowest BCUT2D eigenvalue weighted by Crippen LogP contribution is -2.44. The third-order valence-corrected chi connectivity index (χ3v) is 4.60. The number of amides is 1. The first-order valence-electron chi connectivity index (χ1n) is 9.12. The molecule has 0 aliphatic heterocycles. The SMILES string of the molecule is CN(C)C(=O)CNC(=NCc1cc(F)ccc1F)NCC1CCCCC1. The van der Waals surface area contributed by atoms with E-state index in [1.807, 2.05) is 0 Å². The molecule has 0 unspecified atom stereocenters. The maximum atomic E-state index is 13.8. The van der Waals surface area contributed by atoms with Crippen LogP contribution in [0.2, 0.25) is 0 Å². The summed E-state index contributed by atoms with van der Waals surface area (Å²) in [5.74, 6) is -0.0649. The summed E-state index contributed by atoms with van der Waals surface area (Å²) >= 11 is 0. The zero-order chi connectivity index (χ0) is 18.9. The Morgan fingerprint density at radius 2 is 1.92 bits per heavy atom. The molecular formula is C19H28F2N4O. The highest BCUT2D eigenvalue weighted by Gasteiger charge is 2.14. The molecule has 1 fully saturated rings. The van der Waals surface area contributed by atoms with Gasteiger partial charge in [-0.2, -0.15) is 0 Å². The summed E-state index contributed by atoms with van der Waals surface area (Å²) in [6.45, 7) is 0.850. The number of nitrogens with zero attached hydrogens (tertiary/aromatic N) is 2. The Kier molecular flexibility index (Phi) is 7.81. The van der Waals surface area contributed by atoms with E-state index in [0.717, 1.165) is 24.7 Å². The van der Waals surface area contributed by atoms with Crippen molar-refractivity contribution in [2.75, 3.05) is 27.2 Å². The second-order valence-electron chi connectivity index (χ2n) is 6.93. The van der Waals surface area contributed by atoms with E-state index in [2.05, 4.69) is 15.6 Å². The molecule has 0 bridgehead atoms. The van der Waals surface area contributed by atoms with E-state index in [1.54, 1.807) is 14.1 Å². The predicted octanol–water partition coefficient (Wildman–Crippen LogP) is 2.67. The Morgan fingerprint density at radius 3 is 2.62 bits per heavy atom. The van der Waals surface area contributed by atoms with Crippen LogP contribution in [-0.2, 0) is 11.3 Å². The first-order valence-corrected chi connectivity index (χ1v) is 9.12. The molecule has 2 N–H and O–H groups in total. The van der Waals surface area contributed by atoms with Crippen LogP contribution in [0, 0.1) is 17.6 Å². The highest BCUT2D eigenvalue weighted by Crippen LogP contribution is 2.22. The van der Waals surface area contributed by atoms with Gasteiger partial charge in [0, 0.05) is 26.2 Å². The molecule has 144 valence electrons. The molecule has 2 rings (SSSR count). The van der Waals surface area contributed by atoms with Gasteiger partial charge in [0.05, 0.1) is 13.1 Å². The number of likely N-dealkylation sites (N-methyl/N-ethyl adjacent to an activating group) is 1. The van der Waals surface area contributed by atoms with Crippen LogP contribution in [0.15, 0.2) is 23.2 Å². The highest BCUT2D eigenvalue weighted by atomic mass is 19.1. The normalized spacial score (nSPS) is 15.6. The zero-order valence-corrected chi connectivity index (χ0v) is 15.5. The molecule has 1 saturated carbocycles. The first-order chi connectivity index (χ1) is 12.5. The quantitative estimate of drug-likeness (QED) is 0.601. The lowest BCUT2D eigenvalue weighted by atomic mass is 9.89. The largest absolute Gasteiger partial charge is 0.356 e. The van der Waals surface area contributed by atoms with Crippen LogP contribution in [0.1, 0.15) is 37.7 Å². The van der Waals surface area contributed by atoms with E-state index in [0.29, 0.717) is 11.9 Å². The molecule has 1 aromatic carbocycles. The van der Waals surface area contributed by atoms with Crippen LogP contribution >= 0.6 is 0 Å². The number of carbonyl (C=O) groups excluding carboxylic acids is 1. The molecule has 0 spiro atoms. The van der Waals surface area contributed by atoms with Crippen molar-refractivity contribution in [1.29, 1.82) is 0 Å². The predicted molar refractivity (Wildman–Crippen MR) is 98.8 cm³/mol. The highest BCUT2D eigenvalue weighted by molar-refractivity contribution is 5.86. The van der Waals surface area contributed by atoms with Crippen molar-refractivity contribution in [1.82, 2.24) is 15.5 Å². The molecule has 0 heterocycles. The van der Waals surface area contributed by atoms with Gasteiger partial charge in [-0.25, -0.2) is 13.8 Å². The van der Waals surface area contributed by atoms with Crippen LogP contribution in [0.3, 0.4) is 0 Å². The number of aliphatic imine (C=N–C) groups is 1. The van der Waals surface area contributed by atoms with Gasteiger partial charge in [-0.05, 0) is 37.0 Å². The summed E-state index contributed by atoms with van der Waals surface area (Å²) in [6.07, 6.45) is 6.11. The van der Waals surface area contributed by atoms with Gasteiger partial charge >= 0.3 is 0 Å². The minimum atomic E-state index is -0.496. The Morgan fingerprint density at radius 1 is 1.19 bits per heavy atom. The zero-order valence-electron chi connectivity index (χ0n) is 15.5. The number of hydrogen-bond acceptors (Lipinski definition) is 2. The van der Waals surface area contributed by atoms with Crippen molar-refractivity contribution in [3.8, 4) is 0 Å². The Hall–Kier alpha value is -2.18. The molecule has 1 aliphatic carbocycles. The maximum Gasteiger partial charge on any atom is 0.241 e. The molecule has 0 aromatic heterocycles. The van der Waals surface area contributed by atoms with Gasteiger partial charge in [0.15, 0.2) is 5.96 Å². The fourth-order valence-corrected chi connectivity index (χ4v) is 2.95. The third-order valence-electron chi connectivity index (χ3n) is 4.60. The molecule has 1 amide bonds. The van der Waals surface area contributed by atoms with Crippen LogP contribution in [0.25, 0.3) is 0 Å². The molecule has 5 nitrogen and oxygen atoms in total. The maximum absolute atomic E-state index is 13.8. The Labute approximate surface area is 153 Å². The average molecular weight is 366 g/mol. The van der Waals surface area contributed by atoms with E-state index in [1.165, 1.54) is 37.0 Å². The third kappa shape index (κ3) is 6.61. The van der Waals surface area contributed by atoms with Gasteiger partial charge in [0.25, 0.3) is 0 Å². The van der Waals surface area contributed by atoms with E-state index < -0.39 is 11.6 Å². The van der Waals surface area contributed by atoms with Crippen molar-refractivity contribution >= 4 is 11.9 Å². The van der Waals surface area contributed by atoms with Crippen LogP contribution in [-0.4, -0.2) is 44.0 Å². The van der Waals surface area contributed by atoms with Gasteiger partial charge in [-0.15, -0.1) is 0 Å². The lowest BCUT2D eigenvalue weighted by molar-refractivity contribution is -0.127. The topological polar surface area (TPSA) is 56.7 Å². The van der Waals surface area contributed by atoms with E-state index in [-0.39, 0.29) is 24.6 Å². The molecule has 1 aliphatic rings. The Balaban J connectivity index is 1.99. The van der Waals surface area contributed by atoms with Gasteiger partial charge in [-0.1, -0.05) is 19.3 Å². The van der Waals surface area contributed by atoms with Crippen molar-refractivity contribution in [2.24, 2.45) is 10.9 Å². The number of nitrogens with one attached hydrogen (secondary N) is 2. The standard InChI is InChI=1S/C19H28F2N4O/c1-25(2)18(26)13-24-19(22-11-14-6-4-3-5-7-14)23-12-15-10-16(20)8-9-17(15)21/h8-10,14H,3-7,11-13H2,1-2H3,(H2,22,23,24). The number of hydrogen-bond donors (Lipinski definition) is 2. The molecule has 26 heavy (non-hydrogen) atoms. The van der Waals surface area contributed by atoms with E-state index in [4.69, 9.17) is 0 Å². The number of halogens is 2.